The lowest BCUT2D eigenvalue weighted by molar-refractivity contribution is 0.0772. The Morgan fingerprint density at radius 1 is 1.19 bits per heavy atom. The maximum atomic E-state index is 11.8. The predicted molar refractivity (Wildman–Crippen MR) is 97.3 cm³/mol. The monoisotopic (exact) mass is 378 g/mol. The molecule has 2 aromatic rings. The van der Waals surface area contributed by atoms with Crippen molar-refractivity contribution >= 4 is 28.8 Å². The SMILES string of the molecule is CCOC(=O)N1CCN(Cc2nc(Cl)c3c4c(oc3n2)CCCC4)CC1. The number of furan rings is 1. The first-order valence-electron chi connectivity index (χ1n) is 9.26. The van der Waals surface area contributed by atoms with Crippen molar-refractivity contribution in [1.82, 2.24) is 19.8 Å². The molecule has 0 N–H and O–H groups in total. The Morgan fingerprint density at radius 2 is 1.96 bits per heavy atom. The number of carbonyl (C=O) groups excluding carboxylic acids is 1. The van der Waals surface area contributed by atoms with Crippen LogP contribution in [0.4, 0.5) is 4.79 Å². The van der Waals surface area contributed by atoms with Crippen LogP contribution < -0.4 is 0 Å². The fourth-order valence-corrected chi connectivity index (χ4v) is 4.02. The van der Waals surface area contributed by atoms with Gasteiger partial charge in [-0.25, -0.2) is 9.78 Å². The molecule has 0 bridgehead atoms. The van der Waals surface area contributed by atoms with E-state index in [0.29, 0.717) is 42.9 Å². The highest BCUT2D eigenvalue weighted by atomic mass is 35.5. The van der Waals surface area contributed by atoms with Gasteiger partial charge in [-0.05, 0) is 26.2 Å². The van der Waals surface area contributed by atoms with Crippen LogP contribution in [0.1, 0.15) is 36.9 Å². The summed E-state index contributed by atoms with van der Waals surface area (Å²) >= 11 is 6.46. The largest absolute Gasteiger partial charge is 0.450 e. The van der Waals surface area contributed by atoms with Gasteiger partial charge in [-0.3, -0.25) is 4.90 Å². The van der Waals surface area contributed by atoms with E-state index in [1.807, 2.05) is 6.92 Å². The van der Waals surface area contributed by atoms with E-state index in [2.05, 4.69) is 14.9 Å². The fraction of sp³-hybridized carbons (Fsp3) is 0.611. The first-order valence-corrected chi connectivity index (χ1v) is 9.64. The van der Waals surface area contributed by atoms with E-state index in [-0.39, 0.29) is 6.09 Å². The van der Waals surface area contributed by atoms with E-state index in [4.69, 9.17) is 20.8 Å². The summed E-state index contributed by atoms with van der Waals surface area (Å²) in [5.41, 5.74) is 1.79. The van der Waals surface area contributed by atoms with Crippen molar-refractivity contribution in [2.24, 2.45) is 0 Å². The van der Waals surface area contributed by atoms with Gasteiger partial charge in [0.2, 0.25) is 5.71 Å². The van der Waals surface area contributed by atoms with Crippen molar-refractivity contribution < 1.29 is 13.9 Å². The maximum absolute atomic E-state index is 11.8. The standard InChI is InChI=1S/C18H23ClN4O3/c1-2-25-18(24)23-9-7-22(8-10-23)11-14-20-16(19)15-12-5-3-4-6-13(12)26-17(15)21-14/h2-11H2,1H3. The molecule has 0 saturated carbocycles. The molecule has 0 unspecified atom stereocenters. The third-order valence-electron chi connectivity index (χ3n) is 5.08. The average Bonchev–Trinajstić information content (AvgIpc) is 3.01. The Hall–Kier alpha value is -1.86. The molecule has 7 nitrogen and oxygen atoms in total. The summed E-state index contributed by atoms with van der Waals surface area (Å²) in [6.07, 6.45) is 4.00. The van der Waals surface area contributed by atoms with Crippen molar-refractivity contribution in [3.05, 3.63) is 22.3 Å². The number of aryl methyl sites for hydroxylation is 2. The van der Waals surface area contributed by atoms with Gasteiger partial charge in [-0.1, -0.05) is 11.6 Å². The molecular weight excluding hydrogens is 356 g/mol. The van der Waals surface area contributed by atoms with Gasteiger partial charge in [-0.2, -0.15) is 4.98 Å². The zero-order chi connectivity index (χ0) is 18.1. The predicted octanol–water partition coefficient (Wildman–Crippen LogP) is 3.03. The number of amides is 1. The molecule has 2 aromatic heterocycles. The van der Waals surface area contributed by atoms with Crippen LogP contribution in [-0.4, -0.2) is 58.6 Å². The normalized spacial score (nSPS) is 18.2. The van der Waals surface area contributed by atoms with E-state index in [1.54, 1.807) is 4.90 Å². The molecule has 0 spiro atoms. The van der Waals surface area contributed by atoms with E-state index in [0.717, 1.165) is 49.9 Å². The molecule has 1 aliphatic heterocycles. The van der Waals surface area contributed by atoms with Gasteiger partial charge in [0.25, 0.3) is 0 Å². The van der Waals surface area contributed by atoms with Gasteiger partial charge in [0.15, 0.2) is 0 Å². The summed E-state index contributed by atoms with van der Waals surface area (Å²) in [7, 11) is 0. The van der Waals surface area contributed by atoms with Gasteiger partial charge in [0.1, 0.15) is 16.7 Å². The second-order valence-electron chi connectivity index (χ2n) is 6.78. The molecular formula is C18H23ClN4O3. The van der Waals surface area contributed by atoms with Crippen molar-refractivity contribution in [1.29, 1.82) is 0 Å². The molecule has 140 valence electrons. The van der Waals surface area contributed by atoms with Crippen LogP contribution in [0, 0.1) is 0 Å². The Labute approximate surface area is 157 Å². The highest BCUT2D eigenvalue weighted by molar-refractivity contribution is 6.34. The lowest BCUT2D eigenvalue weighted by Crippen LogP contribution is -2.48. The Balaban J connectivity index is 1.46. The maximum Gasteiger partial charge on any atom is 0.409 e. The summed E-state index contributed by atoms with van der Waals surface area (Å²) < 4.78 is 11.0. The van der Waals surface area contributed by atoms with Crippen LogP contribution in [-0.2, 0) is 24.1 Å². The quantitative estimate of drug-likeness (QED) is 0.764. The third-order valence-corrected chi connectivity index (χ3v) is 5.35. The van der Waals surface area contributed by atoms with Gasteiger partial charge in [0, 0.05) is 38.2 Å². The topological polar surface area (TPSA) is 71.7 Å². The number of hydrogen-bond acceptors (Lipinski definition) is 6. The third kappa shape index (κ3) is 3.38. The minimum atomic E-state index is -0.242. The number of hydrogen-bond donors (Lipinski definition) is 0. The Bertz CT molecular complexity index is 814. The van der Waals surface area contributed by atoms with Gasteiger partial charge < -0.3 is 14.1 Å². The minimum absolute atomic E-state index is 0.242. The first-order chi connectivity index (χ1) is 12.7. The number of fused-ring (bicyclic) bond motifs is 3. The second-order valence-corrected chi connectivity index (χ2v) is 7.14. The van der Waals surface area contributed by atoms with Crippen LogP contribution in [0.3, 0.4) is 0 Å². The van der Waals surface area contributed by atoms with Crippen LogP contribution in [0.25, 0.3) is 11.1 Å². The number of piperazine rings is 1. The zero-order valence-corrected chi connectivity index (χ0v) is 15.7. The van der Waals surface area contributed by atoms with Gasteiger partial charge >= 0.3 is 6.09 Å². The zero-order valence-electron chi connectivity index (χ0n) is 15.0. The smallest absolute Gasteiger partial charge is 0.409 e. The molecule has 3 heterocycles. The number of nitrogens with zero attached hydrogens (tertiary/aromatic N) is 4. The minimum Gasteiger partial charge on any atom is -0.450 e. The van der Waals surface area contributed by atoms with E-state index < -0.39 is 0 Å². The summed E-state index contributed by atoms with van der Waals surface area (Å²) in [6, 6.07) is 0. The van der Waals surface area contributed by atoms with Crippen molar-refractivity contribution in [3.8, 4) is 0 Å². The lowest BCUT2D eigenvalue weighted by Gasteiger charge is -2.33. The van der Waals surface area contributed by atoms with Gasteiger partial charge in [-0.15, -0.1) is 0 Å². The fourth-order valence-electron chi connectivity index (χ4n) is 3.73. The summed E-state index contributed by atoms with van der Waals surface area (Å²) in [6.45, 7) is 5.61. The number of carbonyl (C=O) groups is 1. The molecule has 4 rings (SSSR count). The number of aromatic nitrogens is 2. The van der Waals surface area contributed by atoms with Crippen molar-refractivity contribution in [2.75, 3.05) is 32.8 Å². The van der Waals surface area contributed by atoms with Crippen molar-refractivity contribution in [2.45, 2.75) is 39.2 Å². The van der Waals surface area contributed by atoms with Crippen molar-refractivity contribution in [3.63, 3.8) is 0 Å². The highest BCUT2D eigenvalue weighted by Gasteiger charge is 2.25. The number of halogens is 1. The van der Waals surface area contributed by atoms with Crippen LogP contribution in [0.15, 0.2) is 4.42 Å². The molecule has 1 aliphatic carbocycles. The lowest BCUT2D eigenvalue weighted by atomic mass is 9.97. The molecule has 1 amide bonds. The number of ether oxygens (including phenoxy) is 1. The molecule has 1 saturated heterocycles. The van der Waals surface area contributed by atoms with E-state index >= 15 is 0 Å². The molecule has 8 heteroatoms. The summed E-state index contributed by atoms with van der Waals surface area (Å²) in [5, 5.41) is 1.37. The second kappa shape index (κ2) is 7.40. The molecule has 2 aliphatic rings. The van der Waals surface area contributed by atoms with Crippen LogP contribution in [0.5, 0.6) is 0 Å². The Morgan fingerprint density at radius 3 is 2.73 bits per heavy atom. The Kier molecular flexibility index (Phi) is 5.00. The van der Waals surface area contributed by atoms with Gasteiger partial charge in [0.05, 0.1) is 18.5 Å². The van der Waals surface area contributed by atoms with Crippen LogP contribution in [0.2, 0.25) is 5.15 Å². The summed E-state index contributed by atoms with van der Waals surface area (Å²) in [4.78, 5) is 24.8. The number of rotatable bonds is 3. The average molecular weight is 379 g/mol. The summed E-state index contributed by atoms with van der Waals surface area (Å²) in [5.74, 6) is 1.68. The van der Waals surface area contributed by atoms with Crippen LogP contribution >= 0.6 is 11.6 Å². The molecule has 0 aromatic carbocycles. The first kappa shape index (κ1) is 17.5. The highest BCUT2D eigenvalue weighted by Crippen LogP contribution is 2.34. The van der Waals surface area contributed by atoms with E-state index in [9.17, 15) is 4.79 Å². The van der Waals surface area contributed by atoms with E-state index in [1.165, 1.54) is 5.56 Å². The molecule has 1 fully saturated rings. The molecule has 0 atom stereocenters. The molecule has 26 heavy (non-hydrogen) atoms. The molecule has 0 radical (unpaired) electrons.